The Morgan fingerprint density at radius 2 is 1.88 bits per heavy atom. The summed E-state index contributed by atoms with van der Waals surface area (Å²) in [6.45, 7) is 7.38. The molecule has 2 aliphatic rings. The third-order valence-corrected chi connectivity index (χ3v) is 4.93. The van der Waals surface area contributed by atoms with Gasteiger partial charge in [0.2, 0.25) is 5.91 Å². The number of hydrogen-bond donors (Lipinski definition) is 1. The number of anilines is 1. The van der Waals surface area contributed by atoms with Gasteiger partial charge in [0.15, 0.2) is 0 Å². The highest BCUT2D eigenvalue weighted by Gasteiger charge is 2.41. The van der Waals surface area contributed by atoms with Gasteiger partial charge in [0.25, 0.3) is 11.8 Å². The Hall–Kier alpha value is -2.63. The minimum Gasteiger partial charge on any atom is -0.366 e. The summed E-state index contributed by atoms with van der Waals surface area (Å²) in [7, 11) is 0. The molecule has 3 rings (SSSR count). The van der Waals surface area contributed by atoms with E-state index in [1.54, 1.807) is 24.3 Å². The molecule has 0 radical (unpaired) electrons. The lowest BCUT2D eigenvalue weighted by atomic mass is 9.97. The molecule has 0 saturated carbocycles. The van der Waals surface area contributed by atoms with Crippen molar-refractivity contribution < 1.29 is 14.4 Å². The molecule has 0 aliphatic carbocycles. The first-order valence-electron chi connectivity index (χ1n) is 9.15. The van der Waals surface area contributed by atoms with Crippen LogP contribution in [0.1, 0.15) is 39.2 Å². The highest BCUT2D eigenvalue weighted by Crippen LogP contribution is 2.34. The number of nitrogens with zero attached hydrogens (tertiary/aromatic N) is 2. The molecular formula is C20H25N3O3. The average Bonchev–Trinajstić information content (AvgIpc) is 2.85. The van der Waals surface area contributed by atoms with Gasteiger partial charge in [-0.25, -0.2) is 0 Å². The Morgan fingerprint density at radius 3 is 2.46 bits per heavy atom. The van der Waals surface area contributed by atoms with Gasteiger partial charge < -0.3 is 10.2 Å². The summed E-state index contributed by atoms with van der Waals surface area (Å²) in [6.07, 6.45) is 2.16. The average molecular weight is 355 g/mol. The maximum absolute atomic E-state index is 12.9. The molecular weight excluding hydrogens is 330 g/mol. The summed E-state index contributed by atoms with van der Waals surface area (Å²) in [6, 6.07) is 7.09. The first-order chi connectivity index (χ1) is 12.4. The van der Waals surface area contributed by atoms with E-state index in [1.807, 2.05) is 6.92 Å². The number of imide groups is 1. The van der Waals surface area contributed by atoms with E-state index in [0.717, 1.165) is 25.9 Å². The molecule has 138 valence electrons. The van der Waals surface area contributed by atoms with Crippen molar-refractivity contribution in [3.8, 4) is 0 Å². The van der Waals surface area contributed by atoms with E-state index >= 15 is 0 Å². The SMILES string of the molecule is CCN1C(=O)C(c2ccc(NC(C)=O)cc2)=C(N2CCCC(C)C2)C1=O. The molecule has 0 spiro atoms. The highest BCUT2D eigenvalue weighted by atomic mass is 16.2. The number of likely N-dealkylation sites (tertiary alicyclic amines) is 1. The van der Waals surface area contributed by atoms with Crippen LogP contribution in [0.4, 0.5) is 5.69 Å². The second-order valence-electron chi connectivity index (χ2n) is 7.03. The largest absolute Gasteiger partial charge is 0.366 e. The molecule has 3 amide bonds. The molecule has 2 heterocycles. The monoisotopic (exact) mass is 355 g/mol. The summed E-state index contributed by atoms with van der Waals surface area (Å²) < 4.78 is 0. The van der Waals surface area contributed by atoms with E-state index < -0.39 is 0 Å². The van der Waals surface area contributed by atoms with E-state index in [-0.39, 0.29) is 17.7 Å². The molecule has 1 atom stereocenters. The smallest absolute Gasteiger partial charge is 0.277 e. The zero-order valence-electron chi connectivity index (χ0n) is 15.5. The second-order valence-corrected chi connectivity index (χ2v) is 7.03. The standard InChI is InChI=1S/C20H25N3O3/c1-4-23-19(25)17(15-7-9-16(10-8-15)21-14(3)24)18(20(23)26)22-11-5-6-13(2)12-22/h7-10,13H,4-6,11-12H2,1-3H3,(H,21,24). The van der Waals surface area contributed by atoms with E-state index in [4.69, 9.17) is 0 Å². The summed E-state index contributed by atoms with van der Waals surface area (Å²) in [5.74, 6) is -0.0898. The number of likely N-dealkylation sites (N-methyl/N-ethyl adjacent to an activating group) is 1. The van der Waals surface area contributed by atoms with Crippen LogP contribution in [-0.4, -0.2) is 47.2 Å². The van der Waals surface area contributed by atoms with E-state index in [1.165, 1.54) is 11.8 Å². The normalized spacial score (nSPS) is 20.8. The van der Waals surface area contributed by atoms with Gasteiger partial charge in [0, 0.05) is 32.2 Å². The van der Waals surface area contributed by atoms with Gasteiger partial charge in [0.05, 0.1) is 5.57 Å². The van der Waals surface area contributed by atoms with Crippen molar-refractivity contribution in [2.75, 3.05) is 25.0 Å². The fourth-order valence-corrected chi connectivity index (χ4v) is 3.72. The van der Waals surface area contributed by atoms with Crippen LogP contribution < -0.4 is 5.32 Å². The maximum atomic E-state index is 12.9. The summed E-state index contributed by atoms with van der Waals surface area (Å²) in [4.78, 5) is 40.4. The number of carbonyl (C=O) groups is 3. The lowest BCUT2D eigenvalue weighted by molar-refractivity contribution is -0.137. The summed E-state index contributed by atoms with van der Waals surface area (Å²) >= 11 is 0. The first kappa shape index (κ1) is 18.2. The molecule has 6 nitrogen and oxygen atoms in total. The van der Waals surface area contributed by atoms with Gasteiger partial charge in [-0.3, -0.25) is 19.3 Å². The van der Waals surface area contributed by atoms with Crippen LogP contribution in [0.2, 0.25) is 0 Å². The van der Waals surface area contributed by atoms with E-state index in [0.29, 0.717) is 35.0 Å². The minimum absolute atomic E-state index is 0.149. The predicted octanol–water partition coefficient (Wildman–Crippen LogP) is 2.48. The van der Waals surface area contributed by atoms with Crippen molar-refractivity contribution in [3.05, 3.63) is 35.5 Å². The lowest BCUT2D eigenvalue weighted by Crippen LogP contribution is -2.39. The van der Waals surface area contributed by atoms with E-state index in [2.05, 4.69) is 17.1 Å². The molecule has 1 N–H and O–H groups in total. The van der Waals surface area contributed by atoms with Crippen LogP contribution >= 0.6 is 0 Å². The van der Waals surface area contributed by atoms with Crippen LogP contribution in [0.3, 0.4) is 0 Å². The van der Waals surface area contributed by atoms with Gasteiger partial charge in [-0.1, -0.05) is 19.1 Å². The van der Waals surface area contributed by atoms with Crippen molar-refractivity contribution in [3.63, 3.8) is 0 Å². The van der Waals surface area contributed by atoms with Gasteiger partial charge in [-0.05, 0) is 43.4 Å². The number of piperidine rings is 1. The number of amides is 3. The summed E-state index contributed by atoms with van der Waals surface area (Å²) in [5.41, 5.74) is 2.37. The Kier molecular flexibility index (Phi) is 5.11. The molecule has 26 heavy (non-hydrogen) atoms. The van der Waals surface area contributed by atoms with Gasteiger partial charge in [-0.15, -0.1) is 0 Å². The zero-order chi connectivity index (χ0) is 18.8. The number of hydrogen-bond acceptors (Lipinski definition) is 4. The van der Waals surface area contributed by atoms with Crippen LogP contribution in [0.15, 0.2) is 30.0 Å². The third-order valence-electron chi connectivity index (χ3n) is 4.93. The summed E-state index contributed by atoms with van der Waals surface area (Å²) in [5, 5.41) is 2.72. The topological polar surface area (TPSA) is 69.7 Å². The Morgan fingerprint density at radius 1 is 1.19 bits per heavy atom. The van der Waals surface area contributed by atoms with Gasteiger partial charge in [0.1, 0.15) is 5.70 Å². The molecule has 2 aliphatic heterocycles. The molecule has 6 heteroatoms. The van der Waals surface area contributed by atoms with Crippen LogP contribution in [0.25, 0.3) is 5.57 Å². The second kappa shape index (κ2) is 7.32. The van der Waals surface area contributed by atoms with Crippen molar-refractivity contribution in [2.45, 2.75) is 33.6 Å². The quantitative estimate of drug-likeness (QED) is 0.843. The fraction of sp³-hybridized carbons (Fsp3) is 0.450. The van der Waals surface area contributed by atoms with Crippen molar-refractivity contribution in [1.29, 1.82) is 0 Å². The van der Waals surface area contributed by atoms with Crippen LogP contribution in [-0.2, 0) is 14.4 Å². The number of rotatable bonds is 4. The van der Waals surface area contributed by atoms with Crippen LogP contribution in [0, 0.1) is 5.92 Å². The molecule has 1 aromatic carbocycles. The predicted molar refractivity (Wildman–Crippen MR) is 100 cm³/mol. The fourth-order valence-electron chi connectivity index (χ4n) is 3.72. The first-order valence-corrected chi connectivity index (χ1v) is 9.15. The molecule has 1 aromatic rings. The van der Waals surface area contributed by atoms with Crippen molar-refractivity contribution >= 4 is 29.0 Å². The van der Waals surface area contributed by atoms with E-state index in [9.17, 15) is 14.4 Å². The number of carbonyl (C=O) groups excluding carboxylic acids is 3. The van der Waals surface area contributed by atoms with Gasteiger partial charge >= 0.3 is 0 Å². The van der Waals surface area contributed by atoms with Crippen LogP contribution in [0.5, 0.6) is 0 Å². The maximum Gasteiger partial charge on any atom is 0.277 e. The molecule has 0 bridgehead atoms. The molecule has 1 unspecified atom stereocenters. The van der Waals surface area contributed by atoms with Crippen molar-refractivity contribution in [2.24, 2.45) is 5.92 Å². The third kappa shape index (κ3) is 3.36. The minimum atomic E-state index is -0.238. The number of nitrogens with one attached hydrogen (secondary N) is 1. The molecule has 0 aromatic heterocycles. The van der Waals surface area contributed by atoms with Gasteiger partial charge in [-0.2, -0.15) is 0 Å². The lowest BCUT2D eigenvalue weighted by Gasteiger charge is -2.33. The molecule has 1 saturated heterocycles. The Balaban J connectivity index is 2.01. The van der Waals surface area contributed by atoms with Crippen molar-refractivity contribution in [1.82, 2.24) is 9.80 Å². The molecule has 1 fully saturated rings. The number of benzene rings is 1. The Bertz CT molecular complexity index is 767. The Labute approximate surface area is 153 Å². The zero-order valence-corrected chi connectivity index (χ0v) is 15.5. The highest BCUT2D eigenvalue weighted by molar-refractivity contribution is 6.35.